The number of hydrogen-bond donors (Lipinski definition) is 3. The van der Waals surface area contributed by atoms with Crippen molar-refractivity contribution in [2.24, 2.45) is 0 Å². The summed E-state index contributed by atoms with van der Waals surface area (Å²) < 4.78 is 0. The molecule has 1 rings (SSSR count). The molecule has 0 saturated heterocycles. The molecule has 72 valence electrons. The third-order valence-electron chi connectivity index (χ3n) is 2.06. The molecule has 0 radical (unpaired) electrons. The summed E-state index contributed by atoms with van der Waals surface area (Å²) in [6, 6.07) is 3.52. The van der Waals surface area contributed by atoms with Gasteiger partial charge in [0.25, 0.3) is 0 Å². The van der Waals surface area contributed by atoms with E-state index in [0.29, 0.717) is 5.69 Å². The molecule has 0 heterocycles. The minimum absolute atomic E-state index is 0.104. The lowest BCUT2D eigenvalue weighted by molar-refractivity contribution is 0.449. The first-order valence-corrected chi connectivity index (χ1v) is 4.21. The van der Waals surface area contributed by atoms with E-state index in [1.807, 2.05) is 20.8 Å². The fourth-order valence-corrected chi connectivity index (χ4v) is 1.23. The summed E-state index contributed by atoms with van der Waals surface area (Å²) in [4.78, 5) is 0. The van der Waals surface area contributed by atoms with Gasteiger partial charge in [-0.1, -0.05) is 26.8 Å². The summed E-state index contributed by atoms with van der Waals surface area (Å²) in [5.74, 6) is 0.104. The van der Waals surface area contributed by atoms with Crippen molar-refractivity contribution >= 4 is 11.4 Å². The van der Waals surface area contributed by atoms with Crippen molar-refractivity contribution < 1.29 is 5.11 Å². The average Bonchev–Trinajstić information content (AvgIpc) is 1.98. The number of hydrogen-bond acceptors (Lipinski definition) is 3. The second kappa shape index (κ2) is 2.83. The van der Waals surface area contributed by atoms with Crippen LogP contribution in [-0.2, 0) is 5.41 Å². The second-order valence-electron chi connectivity index (χ2n) is 4.21. The van der Waals surface area contributed by atoms with Crippen molar-refractivity contribution in [3.63, 3.8) is 0 Å². The topological polar surface area (TPSA) is 72.3 Å². The Hall–Kier alpha value is -1.38. The van der Waals surface area contributed by atoms with Gasteiger partial charge in [0.15, 0.2) is 0 Å². The number of anilines is 2. The van der Waals surface area contributed by atoms with E-state index in [9.17, 15) is 5.11 Å². The molecule has 0 aromatic heterocycles. The van der Waals surface area contributed by atoms with Gasteiger partial charge in [0.1, 0.15) is 5.75 Å². The molecule has 1 aromatic carbocycles. The van der Waals surface area contributed by atoms with Crippen LogP contribution in [0.5, 0.6) is 5.75 Å². The number of phenolic OH excluding ortho intramolecular Hbond substituents is 1. The Kier molecular flexibility index (Phi) is 2.12. The van der Waals surface area contributed by atoms with Crippen LogP contribution >= 0.6 is 0 Å². The molecular weight excluding hydrogens is 164 g/mol. The molecule has 0 bridgehead atoms. The Balaban J connectivity index is 3.35. The predicted molar refractivity (Wildman–Crippen MR) is 55.6 cm³/mol. The molecule has 1 aromatic rings. The highest BCUT2D eigenvalue weighted by Gasteiger charge is 2.19. The number of nitrogens with two attached hydrogens (primary N) is 2. The highest BCUT2D eigenvalue weighted by molar-refractivity contribution is 5.73. The van der Waals surface area contributed by atoms with Gasteiger partial charge >= 0.3 is 0 Å². The third-order valence-corrected chi connectivity index (χ3v) is 2.06. The molecule has 0 saturated carbocycles. The fourth-order valence-electron chi connectivity index (χ4n) is 1.23. The zero-order valence-corrected chi connectivity index (χ0v) is 8.26. The van der Waals surface area contributed by atoms with Crippen LogP contribution in [0.15, 0.2) is 12.1 Å². The van der Waals surface area contributed by atoms with Crippen molar-refractivity contribution in [3.8, 4) is 5.75 Å². The van der Waals surface area contributed by atoms with Gasteiger partial charge in [-0.05, 0) is 11.5 Å². The lowest BCUT2D eigenvalue weighted by Crippen LogP contribution is -2.12. The van der Waals surface area contributed by atoms with E-state index in [1.54, 1.807) is 12.1 Å². The Bertz CT molecular complexity index is 326. The maximum absolute atomic E-state index is 9.71. The summed E-state index contributed by atoms with van der Waals surface area (Å²) in [5, 5.41) is 9.71. The molecule has 0 amide bonds. The Morgan fingerprint density at radius 2 is 1.69 bits per heavy atom. The predicted octanol–water partition coefficient (Wildman–Crippen LogP) is 1.85. The van der Waals surface area contributed by atoms with E-state index in [-0.39, 0.29) is 16.9 Å². The number of benzene rings is 1. The van der Waals surface area contributed by atoms with Crippen molar-refractivity contribution in [1.82, 2.24) is 0 Å². The quantitative estimate of drug-likeness (QED) is 0.421. The average molecular weight is 180 g/mol. The summed E-state index contributed by atoms with van der Waals surface area (Å²) in [6.45, 7) is 6.03. The van der Waals surface area contributed by atoms with Crippen LogP contribution in [0.2, 0.25) is 0 Å². The van der Waals surface area contributed by atoms with Crippen LogP contribution < -0.4 is 11.5 Å². The van der Waals surface area contributed by atoms with E-state index in [4.69, 9.17) is 11.5 Å². The molecule has 0 unspecified atom stereocenters. The molecule has 0 aliphatic rings. The highest BCUT2D eigenvalue weighted by Crippen LogP contribution is 2.37. The van der Waals surface area contributed by atoms with Gasteiger partial charge in [0.05, 0.1) is 11.4 Å². The van der Waals surface area contributed by atoms with E-state index < -0.39 is 0 Å². The van der Waals surface area contributed by atoms with Gasteiger partial charge in [-0.2, -0.15) is 0 Å². The van der Waals surface area contributed by atoms with Crippen LogP contribution in [-0.4, -0.2) is 5.11 Å². The molecule has 0 aliphatic carbocycles. The zero-order valence-electron chi connectivity index (χ0n) is 8.26. The molecule has 3 nitrogen and oxygen atoms in total. The molecule has 0 aliphatic heterocycles. The lowest BCUT2D eigenvalue weighted by Gasteiger charge is -2.21. The largest absolute Gasteiger partial charge is 0.505 e. The molecule has 0 atom stereocenters. The summed E-state index contributed by atoms with van der Waals surface area (Å²) in [7, 11) is 0. The van der Waals surface area contributed by atoms with Crippen molar-refractivity contribution in [2.45, 2.75) is 26.2 Å². The first-order valence-electron chi connectivity index (χ1n) is 4.21. The van der Waals surface area contributed by atoms with Crippen molar-refractivity contribution in [2.75, 3.05) is 11.5 Å². The fraction of sp³-hybridized carbons (Fsp3) is 0.400. The van der Waals surface area contributed by atoms with E-state index >= 15 is 0 Å². The SMILES string of the molecule is CC(C)(C)c1ccc(N)c(N)c1O. The van der Waals surface area contributed by atoms with Crippen LogP contribution in [0.4, 0.5) is 11.4 Å². The smallest absolute Gasteiger partial charge is 0.144 e. The van der Waals surface area contributed by atoms with Crippen molar-refractivity contribution in [3.05, 3.63) is 17.7 Å². The van der Waals surface area contributed by atoms with Gasteiger partial charge < -0.3 is 16.6 Å². The first-order chi connectivity index (χ1) is 5.84. The minimum Gasteiger partial charge on any atom is -0.505 e. The molecule has 0 spiro atoms. The van der Waals surface area contributed by atoms with E-state index in [0.717, 1.165) is 5.56 Å². The Labute approximate surface area is 78.4 Å². The normalized spacial score (nSPS) is 11.6. The molecule has 3 heteroatoms. The molecule has 5 N–H and O–H groups in total. The second-order valence-corrected chi connectivity index (χ2v) is 4.21. The zero-order chi connectivity index (χ0) is 10.2. The summed E-state index contributed by atoms with van der Waals surface area (Å²) in [5.41, 5.74) is 12.5. The van der Waals surface area contributed by atoms with Gasteiger partial charge in [-0.15, -0.1) is 0 Å². The van der Waals surface area contributed by atoms with Gasteiger partial charge in [0.2, 0.25) is 0 Å². The maximum atomic E-state index is 9.71. The monoisotopic (exact) mass is 180 g/mol. The van der Waals surface area contributed by atoms with Crippen molar-refractivity contribution in [1.29, 1.82) is 0 Å². The maximum Gasteiger partial charge on any atom is 0.144 e. The Morgan fingerprint density at radius 1 is 1.15 bits per heavy atom. The minimum atomic E-state index is -0.119. The third kappa shape index (κ3) is 1.69. The van der Waals surface area contributed by atoms with Gasteiger partial charge in [0, 0.05) is 5.56 Å². The molecular formula is C10H16N2O. The lowest BCUT2D eigenvalue weighted by atomic mass is 9.86. The number of aromatic hydroxyl groups is 1. The Morgan fingerprint density at radius 3 is 2.15 bits per heavy atom. The number of phenols is 1. The van der Waals surface area contributed by atoms with Crippen LogP contribution in [0.25, 0.3) is 0 Å². The van der Waals surface area contributed by atoms with E-state index in [1.165, 1.54) is 0 Å². The van der Waals surface area contributed by atoms with E-state index in [2.05, 4.69) is 0 Å². The number of nitrogen functional groups attached to an aromatic ring is 2. The summed E-state index contributed by atoms with van der Waals surface area (Å²) >= 11 is 0. The van der Waals surface area contributed by atoms with Crippen LogP contribution in [0, 0.1) is 0 Å². The van der Waals surface area contributed by atoms with Gasteiger partial charge in [-0.3, -0.25) is 0 Å². The number of rotatable bonds is 0. The first kappa shape index (κ1) is 9.71. The van der Waals surface area contributed by atoms with Crippen LogP contribution in [0.1, 0.15) is 26.3 Å². The van der Waals surface area contributed by atoms with Gasteiger partial charge in [-0.25, -0.2) is 0 Å². The molecule has 0 fully saturated rings. The summed E-state index contributed by atoms with van der Waals surface area (Å²) in [6.07, 6.45) is 0. The standard InChI is InChI=1S/C10H16N2O/c1-10(2,3)6-4-5-7(11)8(12)9(6)13/h4-5,13H,11-12H2,1-3H3. The molecule has 13 heavy (non-hydrogen) atoms. The highest BCUT2D eigenvalue weighted by atomic mass is 16.3. The van der Waals surface area contributed by atoms with Crippen LogP contribution in [0.3, 0.4) is 0 Å².